The van der Waals surface area contributed by atoms with Crippen molar-refractivity contribution >= 4 is 17.3 Å². The van der Waals surface area contributed by atoms with Crippen LogP contribution in [0.1, 0.15) is 34.7 Å². The minimum Gasteiger partial charge on any atom is -0.497 e. The van der Waals surface area contributed by atoms with Crippen molar-refractivity contribution in [2.45, 2.75) is 25.9 Å². The van der Waals surface area contributed by atoms with Crippen LogP contribution in [-0.4, -0.2) is 58.8 Å². The lowest BCUT2D eigenvalue weighted by Crippen LogP contribution is -2.35. The predicted molar refractivity (Wildman–Crippen MR) is 133 cm³/mol. The first kappa shape index (κ1) is 22.3. The highest BCUT2D eigenvalue weighted by molar-refractivity contribution is 7.80. The normalized spacial score (nSPS) is 18.3. The van der Waals surface area contributed by atoms with Crippen LogP contribution in [0.4, 0.5) is 0 Å². The van der Waals surface area contributed by atoms with E-state index in [0.29, 0.717) is 0 Å². The second-order valence-electron chi connectivity index (χ2n) is 8.48. The predicted octanol–water partition coefficient (Wildman–Crippen LogP) is 4.03. The van der Waals surface area contributed by atoms with Crippen molar-refractivity contribution in [3.8, 4) is 11.4 Å². The van der Waals surface area contributed by atoms with Crippen molar-refractivity contribution in [1.82, 2.24) is 24.7 Å². The Hall–Kier alpha value is -2.90. The molecule has 0 bridgehead atoms. The molecule has 4 rings (SSSR count). The van der Waals surface area contributed by atoms with E-state index in [4.69, 9.17) is 17.0 Å². The lowest BCUT2D eigenvalue weighted by atomic mass is 9.97. The Bertz CT molecular complexity index is 1080. The Labute approximate surface area is 195 Å². The molecular weight excluding hydrogens is 418 g/mol. The number of nitrogens with zero attached hydrogens (tertiary/aromatic N) is 4. The molecule has 7 heteroatoms. The zero-order valence-electron chi connectivity index (χ0n) is 19.4. The summed E-state index contributed by atoms with van der Waals surface area (Å²) >= 11 is 5.80. The number of ether oxygens (including phenoxy) is 1. The van der Waals surface area contributed by atoms with Crippen LogP contribution in [-0.2, 0) is 0 Å². The van der Waals surface area contributed by atoms with E-state index in [1.165, 1.54) is 17.0 Å². The minimum atomic E-state index is -0.00400. The van der Waals surface area contributed by atoms with E-state index in [-0.39, 0.29) is 12.1 Å². The number of rotatable bonds is 7. The maximum absolute atomic E-state index is 5.80. The van der Waals surface area contributed by atoms with Gasteiger partial charge in [-0.05, 0) is 88.2 Å². The summed E-state index contributed by atoms with van der Waals surface area (Å²) in [7, 11) is 5.87. The van der Waals surface area contributed by atoms with Gasteiger partial charge < -0.3 is 24.4 Å². The fourth-order valence-electron chi connectivity index (χ4n) is 4.51. The van der Waals surface area contributed by atoms with Crippen LogP contribution in [0.25, 0.3) is 5.69 Å². The van der Waals surface area contributed by atoms with E-state index in [2.05, 4.69) is 76.9 Å². The number of likely N-dealkylation sites (N-methyl/N-ethyl adjacent to an activating group) is 1. The number of hydrogen-bond acceptors (Lipinski definition) is 4. The summed E-state index contributed by atoms with van der Waals surface area (Å²) < 4.78 is 7.64. The van der Waals surface area contributed by atoms with Gasteiger partial charge in [-0.1, -0.05) is 6.07 Å². The Kier molecular flexibility index (Phi) is 6.48. The topological polar surface area (TPSA) is 45.6 Å². The molecule has 1 aliphatic heterocycles. The number of pyridine rings is 1. The van der Waals surface area contributed by atoms with Crippen LogP contribution < -0.4 is 10.1 Å². The van der Waals surface area contributed by atoms with Crippen LogP contribution in [0, 0.1) is 13.8 Å². The van der Waals surface area contributed by atoms with Gasteiger partial charge >= 0.3 is 0 Å². The third kappa shape index (κ3) is 4.23. The van der Waals surface area contributed by atoms with Gasteiger partial charge in [0, 0.05) is 36.4 Å². The summed E-state index contributed by atoms with van der Waals surface area (Å²) in [6.07, 6.45) is 1.85. The van der Waals surface area contributed by atoms with Crippen molar-refractivity contribution in [2.75, 3.05) is 34.3 Å². The Morgan fingerprint density at radius 3 is 2.50 bits per heavy atom. The number of thiocarbonyl (C=S) groups is 1. The van der Waals surface area contributed by atoms with E-state index in [1.54, 1.807) is 7.11 Å². The van der Waals surface area contributed by atoms with Crippen molar-refractivity contribution in [3.05, 3.63) is 77.4 Å². The molecule has 6 nitrogen and oxygen atoms in total. The minimum absolute atomic E-state index is 0.00400. The number of hydrogen-bond donors (Lipinski definition) is 1. The lowest BCUT2D eigenvalue weighted by molar-refractivity contribution is 0.277. The molecule has 32 heavy (non-hydrogen) atoms. The van der Waals surface area contributed by atoms with Gasteiger partial charge in [-0.2, -0.15) is 0 Å². The van der Waals surface area contributed by atoms with Crippen molar-refractivity contribution in [2.24, 2.45) is 0 Å². The van der Waals surface area contributed by atoms with E-state index >= 15 is 0 Å². The number of methoxy groups -OCH3 is 1. The molecule has 1 saturated heterocycles. The Morgan fingerprint density at radius 2 is 1.88 bits per heavy atom. The number of aryl methyl sites for hydroxylation is 1. The Balaban J connectivity index is 1.78. The summed E-state index contributed by atoms with van der Waals surface area (Å²) in [5.41, 5.74) is 5.78. The molecule has 0 unspecified atom stereocenters. The summed E-state index contributed by atoms with van der Waals surface area (Å²) in [4.78, 5) is 9.16. The van der Waals surface area contributed by atoms with Crippen LogP contribution in [0.2, 0.25) is 0 Å². The first-order valence-corrected chi connectivity index (χ1v) is 11.3. The molecule has 1 N–H and O–H groups in total. The SMILES string of the molecule is COc1ccc(-n2c(C)cc([C@H]3[C@H](c4ccccn4)NC(=S)N3CCN(C)C)c2C)cc1. The molecule has 0 amide bonds. The standard InChI is InChI=1S/C25H31N5OS/c1-17-16-21(18(2)30(17)19-9-11-20(31-5)12-10-19)24-23(22-8-6-7-13-26-22)27-25(32)29(24)15-14-28(3)4/h6-13,16,23-24H,14-15H2,1-5H3,(H,27,32)/t23-,24-/m0/s1. The molecule has 0 radical (unpaired) electrons. The molecular formula is C25H31N5OS. The second kappa shape index (κ2) is 9.30. The molecule has 1 aliphatic rings. The van der Waals surface area contributed by atoms with Gasteiger partial charge in [0.2, 0.25) is 0 Å². The van der Waals surface area contributed by atoms with Gasteiger partial charge in [0.25, 0.3) is 0 Å². The van der Waals surface area contributed by atoms with E-state index in [0.717, 1.165) is 35.3 Å². The largest absolute Gasteiger partial charge is 0.497 e. The summed E-state index contributed by atoms with van der Waals surface area (Å²) in [6.45, 7) is 6.11. The summed E-state index contributed by atoms with van der Waals surface area (Å²) in [6, 6.07) is 16.6. The van der Waals surface area contributed by atoms with E-state index < -0.39 is 0 Å². The van der Waals surface area contributed by atoms with E-state index in [9.17, 15) is 0 Å². The number of nitrogens with one attached hydrogen (secondary N) is 1. The summed E-state index contributed by atoms with van der Waals surface area (Å²) in [5.74, 6) is 0.854. The van der Waals surface area contributed by atoms with Gasteiger partial charge in [0.1, 0.15) is 5.75 Å². The highest BCUT2D eigenvalue weighted by Gasteiger charge is 2.41. The maximum Gasteiger partial charge on any atom is 0.170 e. The average Bonchev–Trinajstić information content (AvgIpc) is 3.27. The van der Waals surface area contributed by atoms with Crippen molar-refractivity contribution < 1.29 is 4.74 Å². The van der Waals surface area contributed by atoms with E-state index in [1.807, 2.05) is 30.5 Å². The Morgan fingerprint density at radius 1 is 1.12 bits per heavy atom. The second-order valence-corrected chi connectivity index (χ2v) is 8.87. The molecule has 2 atom stereocenters. The molecule has 0 spiro atoms. The average molecular weight is 450 g/mol. The third-order valence-corrected chi connectivity index (χ3v) is 6.46. The lowest BCUT2D eigenvalue weighted by Gasteiger charge is -2.29. The third-order valence-electron chi connectivity index (χ3n) is 6.11. The fraction of sp³-hybridized carbons (Fsp3) is 0.360. The van der Waals surface area contributed by atoms with Crippen molar-refractivity contribution in [1.29, 1.82) is 0 Å². The smallest absolute Gasteiger partial charge is 0.170 e. The maximum atomic E-state index is 5.80. The first-order chi connectivity index (χ1) is 15.4. The molecule has 3 heterocycles. The van der Waals surface area contributed by atoms with Crippen molar-refractivity contribution in [3.63, 3.8) is 0 Å². The van der Waals surface area contributed by atoms with Crippen LogP contribution >= 0.6 is 12.2 Å². The molecule has 3 aromatic rings. The summed E-state index contributed by atoms with van der Waals surface area (Å²) in [5, 5.41) is 4.33. The number of benzene rings is 1. The van der Waals surface area contributed by atoms with Gasteiger partial charge in [-0.3, -0.25) is 4.98 Å². The molecule has 168 valence electrons. The molecule has 1 aromatic carbocycles. The van der Waals surface area contributed by atoms with Crippen LogP contribution in [0.15, 0.2) is 54.7 Å². The van der Waals surface area contributed by atoms with Crippen LogP contribution in [0.5, 0.6) is 5.75 Å². The van der Waals surface area contributed by atoms with Crippen LogP contribution in [0.3, 0.4) is 0 Å². The monoisotopic (exact) mass is 449 g/mol. The van der Waals surface area contributed by atoms with Gasteiger partial charge in [0.05, 0.1) is 24.9 Å². The zero-order chi connectivity index (χ0) is 22.8. The molecule has 0 saturated carbocycles. The molecule has 2 aromatic heterocycles. The highest BCUT2D eigenvalue weighted by atomic mass is 32.1. The quantitative estimate of drug-likeness (QED) is 0.550. The van der Waals surface area contributed by atoms with Gasteiger partial charge in [-0.25, -0.2) is 0 Å². The number of aromatic nitrogens is 2. The first-order valence-electron chi connectivity index (χ1n) is 10.9. The molecule has 0 aliphatic carbocycles. The fourth-order valence-corrected chi connectivity index (χ4v) is 4.84. The van der Waals surface area contributed by atoms with Gasteiger partial charge in [-0.15, -0.1) is 0 Å². The molecule has 1 fully saturated rings. The van der Waals surface area contributed by atoms with Gasteiger partial charge in [0.15, 0.2) is 5.11 Å². The zero-order valence-corrected chi connectivity index (χ0v) is 20.2. The highest BCUT2D eigenvalue weighted by Crippen LogP contribution is 2.41.